The molecule has 1 N–H and O–H groups in total. The van der Waals surface area contributed by atoms with Gasteiger partial charge in [0, 0.05) is 31.4 Å². The average Bonchev–Trinajstić information content (AvgIpc) is 2.43. The molecule has 2 aromatic heterocycles. The van der Waals surface area contributed by atoms with E-state index in [1.165, 1.54) is 0 Å². The molecule has 72 valence electrons. The second-order valence-corrected chi connectivity index (χ2v) is 4.07. The van der Waals surface area contributed by atoms with Gasteiger partial charge in [-0.3, -0.25) is 0 Å². The average molecular weight is 208 g/mol. The number of fused-ring (bicyclic) bond motifs is 1. The van der Waals surface area contributed by atoms with E-state index >= 15 is 0 Å². The van der Waals surface area contributed by atoms with Crippen LogP contribution in [-0.4, -0.2) is 22.5 Å². The van der Waals surface area contributed by atoms with Crippen LogP contribution in [0.1, 0.15) is 11.6 Å². The van der Waals surface area contributed by atoms with Gasteiger partial charge in [-0.05, 0) is 12.1 Å². The van der Waals surface area contributed by atoms with Crippen molar-refractivity contribution in [3.8, 4) is 0 Å². The Labute approximate surface area is 86.7 Å². The van der Waals surface area contributed by atoms with Crippen LogP contribution < -0.4 is 5.32 Å². The molecule has 0 saturated carbocycles. The van der Waals surface area contributed by atoms with E-state index in [9.17, 15) is 0 Å². The predicted molar refractivity (Wildman–Crippen MR) is 55.8 cm³/mol. The number of nitrogens with one attached hydrogen (secondary N) is 1. The molecule has 0 spiro atoms. The van der Waals surface area contributed by atoms with Crippen LogP contribution in [0.5, 0.6) is 0 Å². The second kappa shape index (κ2) is 2.97. The number of rotatable bonds is 1. The van der Waals surface area contributed by atoms with Crippen molar-refractivity contribution in [2.24, 2.45) is 0 Å². The van der Waals surface area contributed by atoms with Crippen molar-refractivity contribution < 1.29 is 0 Å². The molecular formula is C10H10ClN3. The number of hydrogen-bond acceptors (Lipinski definition) is 2. The van der Waals surface area contributed by atoms with Gasteiger partial charge in [0.2, 0.25) is 0 Å². The zero-order valence-corrected chi connectivity index (χ0v) is 8.33. The van der Waals surface area contributed by atoms with E-state index in [2.05, 4.69) is 16.5 Å². The molecule has 0 atom stereocenters. The van der Waals surface area contributed by atoms with Crippen LogP contribution in [0.4, 0.5) is 0 Å². The maximum absolute atomic E-state index is 5.89. The normalized spacial score (nSPS) is 17.2. The van der Waals surface area contributed by atoms with Crippen molar-refractivity contribution in [3.63, 3.8) is 0 Å². The number of aromatic nitrogens is 2. The van der Waals surface area contributed by atoms with Crippen LogP contribution >= 0.6 is 11.6 Å². The number of hydrogen-bond donors (Lipinski definition) is 1. The molecule has 14 heavy (non-hydrogen) atoms. The molecule has 0 radical (unpaired) electrons. The fourth-order valence-corrected chi connectivity index (χ4v) is 1.85. The van der Waals surface area contributed by atoms with Crippen LogP contribution in [0, 0.1) is 0 Å². The fourth-order valence-electron chi connectivity index (χ4n) is 1.68. The molecule has 0 aromatic carbocycles. The minimum absolute atomic E-state index is 0.577. The predicted octanol–water partition coefficient (Wildman–Crippen LogP) is 1.67. The first kappa shape index (κ1) is 8.26. The highest BCUT2D eigenvalue weighted by Gasteiger charge is 2.21. The monoisotopic (exact) mass is 207 g/mol. The lowest BCUT2D eigenvalue weighted by atomic mass is 10.0. The lowest BCUT2D eigenvalue weighted by Crippen LogP contribution is -2.40. The quantitative estimate of drug-likeness (QED) is 0.771. The zero-order chi connectivity index (χ0) is 9.54. The molecule has 1 aliphatic rings. The van der Waals surface area contributed by atoms with Gasteiger partial charge in [-0.15, -0.1) is 0 Å². The van der Waals surface area contributed by atoms with E-state index in [1.807, 2.05) is 22.7 Å². The van der Waals surface area contributed by atoms with Gasteiger partial charge in [-0.2, -0.15) is 0 Å². The van der Waals surface area contributed by atoms with Crippen molar-refractivity contribution in [1.82, 2.24) is 14.7 Å². The third kappa shape index (κ3) is 1.21. The van der Waals surface area contributed by atoms with Crippen LogP contribution in [0.15, 0.2) is 24.5 Å². The van der Waals surface area contributed by atoms with Gasteiger partial charge >= 0.3 is 0 Å². The molecule has 2 aromatic rings. The Balaban J connectivity index is 2.10. The second-order valence-electron chi connectivity index (χ2n) is 3.63. The number of imidazole rings is 1. The largest absolute Gasteiger partial charge is 0.315 e. The summed E-state index contributed by atoms with van der Waals surface area (Å²) in [5, 5.41) is 3.98. The maximum Gasteiger partial charge on any atom is 0.137 e. The number of pyridine rings is 1. The van der Waals surface area contributed by atoms with Gasteiger partial charge in [-0.25, -0.2) is 4.98 Å². The molecule has 0 bridgehead atoms. The zero-order valence-electron chi connectivity index (χ0n) is 7.57. The van der Waals surface area contributed by atoms with E-state index < -0.39 is 0 Å². The molecule has 0 aliphatic carbocycles. The van der Waals surface area contributed by atoms with Crippen LogP contribution in [0.3, 0.4) is 0 Å². The van der Waals surface area contributed by atoms with Gasteiger partial charge < -0.3 is 9.72 Å². The lowest BCUT2D eigenvalue weighted by molar-refractivity contribution is 0.441. The van der Waals surface area contributed by atoms with Crippen molar-refractivity contribution in [2.45, 2.75) is 5.92 Å². The summed E-state index contributed by atoms with van der Waals surface area (Å²) in [5.74, 6) is 0.577. The highest BCUT2D eigenvalue weighted by atomic mass is 35.5. The topological polar surface area (TPSA) is 29.3 Å². The highest BCUT2D eigenvalue weighted by molar-refractivity contribution is 6.30. The molecule has 3 rings (SSSR count). The van der Waals surface area contributed by atoms with Crippen molar-refractivity contribution in [1.29, 1.82) is 0 Å². The van der Waals surface area contributed by atoms with Gasteiger partial charge in [0.05, 0.1) is 10.7 Å². The third-order valence-corrected chi connectivity index (χ3v) is 2.86. The Hall–Kier alpha value is -1.06. The van der Waals surface area contributed by atoms with Gasteiger partial charge in [-0.1, -0.05) is 11.6 Å². The Morgan fingerprint density at radius 1 is 1.36 bits per heavy atom. The summed E-state index contributed by atoms with van der Waals surface area (Å²) >= 11 is 5.89. The van der Waals surface area contributed by atoms with E-state index in [-0.39, 0.29) is 0 Å². The minimum Gasteiger partial charge on any atom is -0.315 e. The Kier molecular flexibility index (Phi) is 1.75. The summed E-state index contributed by atoms with van der Waals surface area (Å²) < 4.78 is 1.98. The van der Waals surface area contributed by atoms with Crippen molar-refractivity contribution in [2.75, 3.05) is 13.1 Å². The van der Waals surface area contributed by atoms with E-state index in [1.54, 1.807) is 0 Å². The molecule has 4 heteroatoms. The Morgan fingerprint density at radius 2 is 2.21 bits per heavy atom. The van der Waals surface area contributed by atoms with Crippen molar-refractivity contribution >= 4 is 17.2 Å². The van der Waals surface area contributed by atoms with Crippen molar-refractivity contribution in [3.05, 3.63) is 35.2 Å². The van der Waals surface area contributed by atoms with E-state index in [0.29, 0.717) is 5.92 Å². The highest BCUT2D eigenvalue weighted by Crippen LogP contribution is 2.20. The lowest BCUT2D eigenvalue weighted by Gasteiger charge is -2.24. The van der Waals surface area contributed by atoms with Gasteiger partial charge in [0.25, 0.3) is 0 Å². The summed E-state index contributed by atoms with van der Waals surface area (Å²) in [4.78, 5) is 4.54. The smallest absolute Gasteiger partial charge is 0.137 e. The molecule has 1 aliphatic heterocycles. The molecule has 0 amide bonds. The first-order chi connectivity index (χ1) is 6.83. The van der Waals surface area contributed by atoms with Gasteiger partial charge in [0.1, 0.15) is 5.65 Å². The SMILES string of the molecule is Clc1ccc2nc(C3CNC3)cn2c1. The maximum atomic E-state index is 5.89. The Bertz CT molecular complexity index is 473. The molecule has 3 heterocycles. The fraction of sp³-hybridized carbons (Fsp3) is 0.300. The number of nitrogens with zero attached hydrogens (tertiary/aromatic N) is 2. The molecule has 1 saturated heterocycles. The van der Waals surface area contributed by atoms with E-state index in [4.69, 9.17) is 11.6 Å². The minimum atomic E-state index is 0.577. The summed E-state index contributed by atoms with van der Waals surface area (Å²) in [6.07, 6.45) is 3.95. The van der Waals surface area contributed by atoms with E-state index in [0.717, 1.165) is 29.5 Å². The molecule has 1 fully saturated rings. The summed E-state index contributed by atoms with van der Waals surface area (Å²) in [6.45, 7) is 2.08. The van der Waals surface area contributed by atoms with Crippen LogP contribution in [0.25, 0.3) is 5.65 Å². The standard InChI is InChI=1S/C10H10ClN3/c11-8-1-2-10-13-9(6-14(10)5-8)7-3-12-4-7/h1-2,5-7,12H,3-4H2. The molecule has 3 nitrogen and oxygen atoms in total. The third-order valence-electron chi connectivity index (χ3n) is 2.63. The number of halogens is 1. The Morgan fingerprint density at radius 3 is 2.93 bits per heavy atom. The first-order valence-electron chi connectivity index (χ1n) is 4.68. The first-order valence-corrected chi connectivity index (χ1v) is 5.05. The van der Waals surface area contributed by atoms with Crippen LogP contribution in [0.2, 0.25) is 5.02 Å². The van der Waals surface area contributed by atoms with Crippen LogP contribution in [-0.2, 0) is 0 Å². The summed E-state index contributed by atoms with van der Waals surface area (Å²) in [7, 11) is 0. The molecule has 0 unspecified atom stereocenters. The molecular weight excluding hydrogens is 198 g/mol. The summed E-state index contributed by atoms with van der Waals surface area (Å²) in [6, 6.07) is 3.81. The summed E-state index contributed by atoms with van der Waals surface area (Å²) in [5.41, 5.74) is 2.13. The van der Waals surface area contributed by atoms with Gasteiger partial charge in [0.15, 0.2) is 0 Å².